The number of nitrogens with zero attached hydrogens (tertiary/aromatic N) is 2. The lowest BCUT2D eigenvalue weighted by atomic mass is 10.0. The van der Waals surface area contributed by atoms with Gasteiger partial charge in [-0.2, -0.15) is 0 Å². The Morgan fingerprint density at radius 3 is 2.50 bits per heavy atom. The summed E-state index contributed by atoms with van der Waals surface area (Å²) in [6, 6.07) is 4.98. The van der Waals surface area contributed by atoms with Gasteiger partial charge >= 0.3 is 0 Å². The first-order valence-corrected chi connectivity index (χ1v) is 6.06. The average Bonchev–Trinajstić information content (AvgIpc) is 2.30. The SMILES string of the molecule is CC(C)C(C)N(C)Cc1cc([N+](=O)[O-])ccc1N. The summed E-state index contributed by atoms with van der Waals surface area (Å²) in [5.41, 5.74) is 7.36. The van der Waals surface area contributed by atoms with Crippen molar-refractivity contribution in [2.24, 2.45) is 5.92 Å². The number of non-ortho nitro benzene ring substituents is 1. The maximum Gasteiger partial charge on any atom is 0.269 e. The minimum absolute atomic E-state index is 0.0878. The fraction of sp³-hybridized carbons (Fsp3) is 0.538. The van der Waals surface area contributed by atoms with Crippen LogP contribution < -0.4 is 5.73 Å². The Hall–Kier alpha value is -1.62. The topological polar surface area (TPSA) is 72.4 Å². The van der Waals surface area contributed by atoms with Gasteiger partial charge < -0.3 is 5.73 Å². The van der Waals surface area contributed by atoms with Crippen LogP contribution in [0.25, 0.3) is 0 Å². The van der Waals surface area contributed by atoms with Crippen molar-refractivity contribution in [2.75, 3.05) is 12.8 Å². The van der Waals surface area contributed by atoms with Gasteiger partial charge in [0, 0.05) is 30.4 Å². The largest absolute Gasteiger partial charge is 0.398 e. The number of nitrogen functional groups attached to an aromatic ring is 1. The van der Waals surface area contributed by atoms with E-state index in [9.17, 15) is 10.1 Å². The predicted octanol–water partition coefficient (Wildman–Crippen LogP) is 2.65. The standard InChI is InChI=1S/C13H21N3O2/c1-9(2)10(3)15(4)8-11-7-12(16(17)18)5-6-13(11)14/h5-7,9-10H,8,14H2,1-4H3. The third-order valence-electron chi connectivity index (χ3n) is 3.42. The van der Waals surface area contributed by atoms with E-state index >= 15 is 0 Å². The minimum Gasteiger partial charge on any atom is -0.398 e. The lowest BCUT2D eigenvalue weighted by Crippen LogP contribution is -2.32. The maximum atomic E-state index is 10.7. The molecule has 100 valence electrons. The van der Waals surface area contributed by atoms with Crippen molar-refractivity contribution in [3.8, 4) is 0 Å². The van der Waals surface area contributed by atoms with Crippen molar-refractivity contribution in [2.45, 2.75) is 33.4 Å². The molecule has 1 aromatic carbocycles. The molecule has 0 spiro atoms. The maximum absolute atomic E-state index is 10.7. The van der Waals surface area contributed by atoms with Crippen LogP contribution in [0.2, 0.25) is 0 Å². The van der Waals surface area contributed by atoms with E-state index in [0.717, 1.165) is 5.56 Å². The number of benzene rings is 1. The monoisotopic (exact) mass is 251 g/mol. The molecule has 5 nitrogen and oxygen atoms in total. The van der Waals surface area contributed by atoms with Crippen LogP contribution in [-0.4, -0.2) is 22.9 Å². The first kappa shape index (κ1) is 14.4. The second-order valence-electron chi connectivity index (χ2n) is 5.04. The van der Waals surface area contributed by atoms with Crippen LogP contribution in [-0.2, 0) is 6.54 Å². The van der Waals surface area contributed by atoms with Crippen LogP contribution in [0.4, 0.5) is 11.4 Å². The molecule has 1 rings (SSSR count). The van der Waals surface area contributed by atoms with E-state index in [4.69, 9.17) is 5.73 Å². The molecule has 2 N–H and O–H groups in total. The predicted molar refractivity (Wildman–Crippen MR) is 73.3 cm³/mol. The summed E-state index contributed by atoms with van der Waals surface area (Å²) in [6.07, 6.45) is 0. The molecule has 0 fully saturated rings. The Labute approximate surface area is 108 Å². The van der Waals surface area contributed by atoms with Crippen LogP contribution in [0.15, 0.2) is 18.2 Å². The third-order valence-corrected chi connectivity index (χ3v) is 3.42. The highest BCUT2D eigenvalue weighted by molar-refractivity contribution is 5.52. The molecule has 0 saturated carbocycles. The molecule has 0 heterocycles. The van der Waals surface area contributed by atoms with E-state index in [0.29, 0.717) is 24.2 Å². The molecule has 18 heavy (non-hydrogen) atoms. The highest BCUT2D eigenvalue weighted by Gasteiger charge is 2.16. The van der Waals surface area contributed by atoms with E-state index in [1.165, 1.54) is 6.07 Å². The van der Waals surface area contributed by atoms with Crippen molar-refractivity contribution >= 4 is 11.4 Å². The van der Waals surface area contributed by atoms with Crippen LogP contribution in [0, 0.1) is 16.0 Å². The van der Waals surface area contributed by atoms with Gasteiger partial charge in [0.25, 0.3) is 5.69 Å². The summed E-state index contributed by atoms with van der Waals surface area (Å²) in [5, 5.41) is 10.7. The molecule has 0 amide bonds. The van der Waals surface area contributed by atoms with Crippen LogP contribution in [0.3, 0.4) is 0 Å². The number of hydrogen-bond donors (Lipinski definition) is 1. The van der Waals surface area contributed by atoms with E-state index in [-0.39, 0.29) is 5.69 Å². The molecule has 0 saturated heterocycles. The molecule has 0 aliphatic heterocycles. The summed E-state index contributed by atoms with van der Waals surface area (Å²) in [4.78, 5) is 12.5. The summed E-state index contributed by atoms with van der Waals surface area (Å²) in [5.74, 6) is 0.523. The first-order chi connectivity index (χ1) is 8.32. The summed E-state index contributed by atoms with van der Waals surface area (Å²) < 4.78 is 0. The minimum atomic E-state index is -0.394. The lowest BCUT2D eigenvalue weighted by Gasteiger charge is -2.28. The van der Waals surface area contributed by atoms with E-state index in [2.05, 4.69) is 25.7 Å². The van der Waals surface area contributed by atoms with Gasteiger partial charge in [-0.25, -0.2) is 0 Å². The van der Waals surface area contributed by atoms with Gasteiger partial charge in [0.15, 0.2) is 0 Å². The molecular formula is C13H21N3O2. The summed E-state index contributed by atoms with van der Waals surface area (Å²) in [7, 11) is 2.00. The number of nitro groups is 1. The van der Waals surface area contributed by atoms with Gasteiger partial charge in [-0.05, 0) is 31.5 Å². The molecule has 0 radical (unpaired) electrons. The van der Waals surface area contributed by atoms with Gasteiger partial charge in [-0.15, -0.1) is 0 Å². The van der Waals surface area contributed by atoms with Crippen molar-refractivity contribution < 1.29 is 4.92 Å². The highest BCUT2D eigenvalue weighted by Crippen LogP contribution is 2.22. The van der Waals surface area contributed by atoms with Crippen molar-refractivity contribution in [3.63, 3.8) is 0 Å². The summed E-state index contributed by atoms with van der Waals surface area (Å²) >= 11 is 0. The lowest BCUT2D eigenvalue weighted by molar-refractivity contribution is -0.384. The molecule has 0 aliphatic rings. The highest BCUT2D eigenvalue weighted by atomic mass is 16.6. The van der Waals surface area contributed by atoms with Crippen molar-refractivity contribution in [1.29, 1.82) is 0 Å². The smallest absolute Gasteiger partial charge is 0.269 e. The number of nitrogens with two attached hydrogens (primary N) is 1. The molecule has 0 bridgehead atoms. The van der Waals surface area contributed by atoms with Crippen LogP contribution >= 0.6 is 0 Å². The molecule has 1 aromatic rings. The van der Waals surface area contributed by atoms with Crippen molar-refractivity contribution in [1.82, 2.24) is 4.90 Å². The van der Waals surface area contributed by atoms with Gasteiger partial charge in [-0.1, -0.05) is 13.8 Å². The average molecular weight is 251 g/mol. The van der Waals surface area contributed by atoms with E-state index < -0.39 is 4.92 Å². The van der Waals surface area contributed by atoms with Gasteiger partial charge in [-0.3, -0.25) is 15.0 Å². The Kier molecular flexibility index (Phi) is 4.67. The molecule has 5 heteroatoms. The normalized spacial score (nSPS) is 13.0. The van der Waals surface area contributed by atoms with E-state index in [1.54, 1.807) is 12.1 Å². The molecule has 1 unspecified atom stereocenters. The van der Waals surface area contributed by atoms with E-state index in [1.807, 2.05) is 7.05 Å². The Morgan fingerprint density at radius 1 is 1.39 bits per heavy atom. The molecular weight excluding hydrogens is 230 g/mol. The Balaban J connectivity index is 2.89. The number of anilines is 1. The number of hydrogen-bond acceptors (Lipinski definition) is 4. The Bertz CT molecular complexity index is 432. The molecule has 0 aliphatic carbocycles. The third kappa shape index (κ3) is 3.43. The number of rotatable bonds is 5. The van der Waals surface area contributed by atoms with Gasteiger partial charge in [0.05, 0.1) is 4.92 Å². The zero-order valence-electron chi connectivity index (χ0n) is 11.4. The number of nitro benzene ring substituents is 1. The fourth-order valence-electron chi connectivity index (χ4n) is 1.76. The van der Waals surface area contributed by atoms with Gasteiger partial charge in [0.2, 0.25) is 0 Å². The Morgan fingerprint density at radius 2 is 2.00 bits per heavy atom. The fourth-order valence-corrected chi connectivity index (χ4v) is 1.76. The first-order valence-electron chi connectivity index (χ1n) is 6.06. The van der Waals surface area contributed by atoms with Gasteiger partial charge in [0.1, 0.15) is 0 Å². The molecule has 0 aromatic heterocycles. The summed E-state index contributed by atoms with van der Waals surface area (Å²) in [6.45, 7) is 7.06. The zero-order valence-corrected chi connectivity index (χ0v) is 11.4. The van der Waals surface area contributed by atoms with Crippen LogP contribution in [0.5, 0.6) is 0 Å². The molecule has 1 atom stereocenters. The second kappa shape index (κ2) is 5.82. The van der Waals surface area contributed by atoms with Crippen molar-refractivity contribution in [3.05, 3.63) is 33.9 Å². The zero-order chi connectivity index (χ0) is 13.9. The second-order valence-corrected chi connectivity index (χ2v) is 5.04. The quantitative estimate of drug-likeness (QED) is 0.496. The van der Waals surface area contributed by atoms with Crippen LogP contribution in [0.1, 0.15) is 26.3 Å².